The normalized spacial score (nSPS) is 11.2. The van der Waals surface area contributed by atoms with Gasteiger partial charge >= 0.3 is 12.1 Å². The third kappa shape index (κ3) is 4.34. The minimum Gasteiger partial charge on any atom is -0.481 e. The van der Waals surface area contributed by atoms with Crippen LogP contribution < -0.4 is 5.32 Å². The number of hydrogen-bond acceptors (Lipinski definition) is 2. The molecule has 0 aliphatic carbocycles. The Morgan fingerprint density at radius 2 is 1.94 bits per heavy atom. The van der Waals surface area contributed by atoms with E-state index in [1.807, 2.05) is 0 Å². The molecule has 0 radical (unpaired) electrons. The first-order valence-electron chi connectivity index (χ1n) is 5.03. The van der Waals surface area contributed by atoms with Crippen LogP contribution in [0, 0.1) is 0 Å². The number of aliphatic carboxylic acids is 1. The van der Waals surface area contributed by atoms with Crippen molar-refractivity contribution in [3.05, 3.63) is 29.8 Å². The third-order valence-corrected chi connectivity index (χ3v) is 2.12. The number of nitrogens with one attached hydrogen (secondary N) is 1. The smallest absolute Gasteiger partial charge is 0.418 e. The molecule has 0 bridgehead atoms. The van der Waals surface area contributed by atoms with Crippen LogP contribution in [-0.4, -0.2) is 17.6 Å². The maximum absolute atomic E-state index is 12.6. The molecule has 6 heteroatoms. The van der Waals surface area contributed by atoms with Crippen molar-refractivity contribution < 1.29 is 23.1 Å². The fraction of sp³-hybridized carbons (Fsp3) is 0.364. The Morgan fingerprint density at radius 1 is 1.29 bits per heavy atom. The van der Waals surface area contributed by atoms with E-state index in [-0.39, 0.29) is 25.1 Å². The van der Waals surface area contributed by atoms with Crippen LogP contribution in [0.1, 0.15) is 18.4 Å². The summed E-state index contributed by atoms with van der Waals surface area (Å²) in [5.41, 5.74) is -0.763. The second kappa shape index (κ2) is 5.56. The molecule has 0 unspecified atom stereocenters. The number of anilines is 1. The topological polar surface area (TPSA) is 49.3 Å². The van der Waals surface area contributed by atoms with Crippen LogP contribution in [0.25, 0.3) is 0 Å². The zero-order valence-electron chi connectivity index (χ0n) is 8.92. The van der Waals surface area contributed by atoms with Crippen LogP contribution in [0.15, 0.2) is 24.3 Å². The van der Waals surface area contributed by atoms with E-state index in [2.05, 4.69) is 5.32 Å². The van der Waals surface area contributed by atoms with Crippen molar-refractivity contribution in [3.8, 4) is 0 Å². The predicted octanol–water partition coefficient (Wildman–Crippen LogP) is 2.98. The van der Waals surface area contributed by atoms with Crippen LogP contribution in [-0.2, 0) is 11.0 Å². The van der Waals surface area contributed by atoms with Gasteiger partial charge in [0.05, 0.1) is 5.56 Å². The number of hydrogen-bond donors (Lipinski definition) is 2. The lowest BCUT2D eigenvalue weighted by atomic mass is 10.1. The molecule has 94 valence electrons. The van der Waals surface area contributed by atoms with Gasteiger partial charge in [0.15, 0.2) is 0 Å². The summed E-state index contributed by atoms with van der Waals surface area (Å²) in [6.45, 7) is 0.194. The highest BCUT2D eigenvalue weighted by Gasteiger charge is 2.32. The average Bonchev–Trinajstić information content (AvgIpc) is 2.23. The molecule has 0 heterocycles. The van der Waals surface area contributed by atoms with Crippen LogP contribution >= 0.6 is 0 Å². The van der Waals surface area contributed by atoms with E-state index in [0.29, 0.717) is 0 Å². The molecule has 0 aliphatic rings. The molecular formula is C11H12F3NO2. The monoisotopic (exact) mass is 247 g/mol. The van der Waals surface area contributed by atoms with Crippen molar-refractivity contribution in [3.63, 3.8) is 0 Å². The first-order valence-corrected chi connectivity index (χ1v) is 5.03. The molecule has 0 amide bonds. The standard InChI is InChI=1S/C11H12F3NO2/c12-11(13,14)8-4-1-2-5-9(8)15-7-3-6-10(16)17/h1-2,4-5,15H,3,6-7H2,(H,16,17). The Bertz CT molecular complexity index is 391. The average molecular weight is 247 g/mol. The molecule has 0 atom stereocenters. The molecule has 0 aromatic heterocycles. The zero-order valence-corrected chi connectivity index (χ0v) is 8.92. The highest BCUT2D eigenvalue weighted by atomic mass is 19.4. The van der Waals surface area contributed by atoms with Gasteiger partial charge in [0, 0.05) is 18.7 Å². The third-order valence-electron chi connectivity index (χ3n) is 2.12. The van der Waals surface area contributed by atoms with Gasteiger partial charge in [0.1, 0.15) is 0 Å². The number of rotatable bonds is 5. The van der Waals surface area contributed by atoms with Crippen molar-refractivity contribution >= 4 is 11.7 Å². The van der Waals surface area contributed by atoms with E-state index in [1.54, 1.807) is 0 Å². The van der Waals surface area contributed by atoms with Gasteiger partial charge in [-0.05, 0) is 18.6 Å². The van der Waals surface area contributed by atoms with E-state index in [9.17, 15) is 18.0 Å². The molecule has 0 saturated heterocycles. The van der Waals surface area contributed by atoms with E-state index in [4.69, 9.17) is 5.11 Å². The maximum atomic E-state index is 12.6. The van der Waals surface area contributed by atoms with Crippen molar-refractivity contribution in [2.24, 2.45) is 0 Å². The zero-order chi connectivity index (χ0) is 12.9. The fourth-order valence-corrected chi connectivity index (χ4v) is 1.35. The summed E-state index contributed by atoms with van der Waals surface area (Å²) in [6.07, 6.45) is -4.20. The minimum absolute atomic E-state index is 0.0228. The van der Waals surface area contributed by atoms with Gasteiger partial charge in [-0.2, -0.15) is 13.2 Å². The number of carboxylic acid groups (broad SMARTS) is 1. The summed E-state index contributed by atoms with van der Waals surface area (Å²) >= 11 is 0. The van der Waals surface area contributed by atoms with Gasteiger partial charge in [-0.15, -0.1) is 0 Å². The summed E-state index contributed by atoms with van der Waals surface area (Å²) in [5.74, 6) is -0.962. The van der Waals surface area contributed by atoms with Gasteiger partial charge in [-0.1, -0.05) is 12.1 Å². The van der Waals surface area contributed by atoms with Crippen molar-refractivity contribution in [2.75, 3.05) is 11.9 Å². The Kier molecular flexibility index (Phi) is 4.37. The van der Waals surface area contributed by atoms with E-state index >= 15 is 0 Å². The van der Waals surface area contributed by atoms with Crippen LogP contribution in [0.5, 0.6) is 0 Å². The molecule has 0 saturated carbocycles. The molecule has 1 rings (SSSR count). The lowest BCUT2D eigenvalue weighted by Crippen LogP contribution is -2.12. The summed E-state index contributed by atoms with van der Waals surface area (Å²) in [6, 6.07) is 5.11. The van der Waals surface area contributed by atoms with Gasteiger partial charge in [-0.3, -0.25) is 4.79 Å². The lowest BCUT2D eigenvalue weighted by molar-refractivity contribution is -0.138. The summed E-state index contributed by atoms with van der Waals surface area (Å²) in [4.78, 5) is 10.2. The SMILES string of the molecule is O=C(O)CCCNc1ccccc1C(F)(F)F. The Labute approximate surface area is 96.3 Å². The van der Waals surface area contributed by atoms with Crippen molar-refractivity contribution in [2.45, 2.75) is 19.0 Å². The van der Waals surface area contributed by atoms with Gasteiger partial charge < -0.3 is 10.4 Å². The quantitative estimate of drug-likeness (QED) is 0.786. The molecule has 0 fully saturated rings. The first-order chi connectivity index (χ1) is 7.91. The van der Waals surface area contributed by atoms with E-state index in [1.165, 1.54) is 18.2 Å². The van der Waals surface area contributed by atoms with E-state index in [0.717, 1.165) is 6.07 Å². The van der Waals surface area contributed by atoms with Crippen LogP contribution in [0.3, 0.4) is 0 Å². The van der Waals surface area contributed by atoms with E-state index < -0.39 is 17.7 Å². The Balaban J connectivity index is 2.62. The highest BCUT2D eigenvalue weighted by Crippen LogP contribution is 2.34. The molecular weight excluding hydrogens is 235 g/mol. The second-order valence-corrected chi connectivity index (χ2v) is 3.47. The fourth-order valence-electron chi connectivity index (χ4n) is 1.35. The van der Waals surface area contributed by atoms with Gasteiger partial charge in [0.2, 0.25) is 0 Å². The Hall–Kier alpha value is -1.72. The highest BCUT2D eigenvalue weighted by molar-refractivity contribution is 5.66. The lowest BCUT2D eigenvalue weighted by Gasteiger charge is -2.13. The number of halogens is 3. The Morgan fingerprint density at radius 3 is 2.53 bits per heavy atom. The summed E-state index contributed by atoms with van der Waals surface area (Å²) in [7, 11) is 0. The minimum atomic E-state index is -4.41. The molecule has 1 aromatic carbocycles. The predicted molar refractivity (Wildman–Crippen MR) is 56.8 cm³/mol. The van der Waals surface area contributed by atoms with Crippen molar-refractivity contribution in [1.82, 2.24) is 0 Å². The van der Waals surface area contributed by atoms with Crippen LogP contribution in [0.4, 0.5) is 18.9 Å². The second-order valence-electron chi connectivity index (χ2n) is 3.47. The van der Waals surface area contributed by atoms with Gasteiger partial charge in [-0.25, -0.2) is 0 Å². The van der Waals surface area contributed by atoms with Crippen LogP contribution in [0.2, 0.25) is 0 Å². The summed E-state index contributed by atoms with van der Waals surface area (Å²) < 4.78 is 37.7. The largest absolute Gasteiger partial charge is 0.481 e. The number of carbonyl (C=O) groups is 1. The molecule has 0 aliphatic heterocycles. The maximum Gasteiger partial charge on any atom is 0.418 e. The molecule has 3 nitrogen and oxygen atoms in total. The molecule has 17 heavy (non-hydrogen) atoms. The number of benzene rings is 1. The number of carboxylic acids is 1. The molecule has 0 spiro atoms. The first kappa shape index (κ1) is 13.3. The molecule has 2 N–H and O–H groups in total. The molecule has 1 aromatic rings. The van der Waals surface area contributed by atoms with Crippen molar-refractivity contribution in [1.29, 1.82) is 0 Å². The summed E-state index contributed by atoms with van der Waals surface area (Å²) in [5, 5.41) is 11.0. The van der Waals surface area contributed by atoms with Gasteiger partial charge in [0.25, 0.3) is 0 Å². The number of para-hydroxylation sites is 1. The number of alkyl halides is 3.